The number of alkyl halides is 1. The molecule has 19 heavy (non-hydrogen) atoms. The van der Waals surface area contributed by atoms with Crippen LogP contribution in [-0.4, -0.2) is 31.9 Å². The van der Waals surface area contributed by atoms with Crippen molar-refractivity contribution in [1.82, 2.24) is 4.98 Å². The molecule has 1 N–H and O–H groups in total. The lowest BCUT2D eigenvalue weighted by atomic mass is 10.2. The number of anilines is 1. The Hall–Kier alpha value is -1.56. The van der Waals surface area contributed by atoms with Crippen LogP contribution in [0.1, 0.15) is 12.8 Å². The highest BCUT2D eigenvalue weighted by atomic mass is 32.2. The largest absolute Gasteiger partial charge is 0.361 e. The molecule has 0 saturated heterocycles. The normalized spacial score (nSPS) is 17.6. The number of sulfonamides is 1. The van der Waals surface area contributed by atoms with E-state index in [1.54, 1.807) is 18.3 Å². The Labute approximate surface area is 111 Å². The summed E-state index contributed by atoms with van der Waals surface area (Å²) in [5.41, 5.74) is -0.107. The molecular formula is C13H15FN2O2S. The molecule has 0 unspecified atom stereocenters. The van der Waals surface area contributed by atoms with Crippen molar-refractivity contribution < 1.29 is 12.8 Å². The minimum absolute atomic E-state index is 0.343. The Bertz CT molecular complexity index is 719. The van der Waals surface area contributed by atoms with Crippen LogP contribution in [-0.2, 0) is 10.0 Å². The maximum absolute atomic E-state index is 13.7. The summed E-state index contributed by atoms with van der Waals surface area (Å²) in [7, 11) is -2.15. The minimum Gasteiger partial charge on any atom is -0.361 e. The second-order valence-electron chi connectivity index (χ2n) is 5.12. The van der Waals surface area contributed by atoms with Crippen molar-refractivity contribution in [2.45, 2.75) is 18.5 Å². The number of aromatic nitrogens is 1. The SMILES string of the molecule is CN(c1ccc2cc[nH]c2c1)S(=O)(=O)CC1(F)CC1. The summed E-state index contributed by atoms with van der Waals surface area (Å²) >= 11 is 0. The maximum atomic E-state index is 13.7. The highest BCUT2D eigenvalue weighted by Crippen LogP contribution is 2.41. The second kappa shape index (κ2) is 3.96. The first-order valence-corrected chi connectivity index (χ1v) is 7.73. The molecule has 1 saturated carbocycles. The Morgan fingerprint density at radius 2 is 2.11 bits per heavy atom. The molecule has 1 heterocycles. The number of hydrogen-bond acceptors (Lipinski definition) is 2. The minimum atomic E-state index is -3.62. The third kappa shape index (κ3) is 2.32. The van der Waals surface area contributed by atoms with Crippen LogP contribution in [0.4, 0.5) is 10.1 Å². The van der Waals surface area contributed by atoms with Crippen LogP contribution in [0.2, 0.25) is 0 Å². The van der Waals surface area contributed by atoms with E-state index in [4.69, 9.17) is 0 Å². The van der Waals surface area contributed by atoms with Gasteiger partial charge in [-0.1, -0.05) is 6.07 Å². The number of fused-ring (bicyclic) bond motifs is 1. The van der Waals surface area contributed by atoms with Gasteiger partial charge in [0.15, 0.2) is 0 Å². The molecule has 0 spiro atoms. The fraction of sp³-hybridized carbons (Fsp3) is 0.385. The van der Waals surface area contributed by atoms with Crippen LogP contribution in [0.15, 0.2) is 30.5 Å². The van der Waals surface area contributed by atoms with E-state index in [0.717, 1.165) is 15.2 Å². The highest BCUT2D eigenvalue weighted by Gasteiger charge is 2.47. The van der Waals surface area contributed by atoms with Crippen LogP contribution in [0.25, 0.3) is 10.9 Å². The lowest BCUT2D eigenvalue weighted by Crippen LogP contribution is -2.33. The monoisotopic (exact) mass is 282 g/mol. The van der Waals surface area contributed by atoms with Gasteiger partial charge in [-0.15, -0.1) is 0 Å². The Kier molecular flexibility index (Phi) is 2.60. The van der Waals surface area contributed by atoms with Crippen molar-refractivity contribution in [3.8, 4) is 0 Å². The van der Waals surface area contributed by atoms with Gasteiger partial charge in [0.2, 0.25) is 10.0 Å². The van der Waals surface area contributed by atoms with E-state index in [1.807, 2.05) is 12.1 Å². The molecule has 0 radical (unpaired) electrons. The quantitative estimate of drug-likeness (QED) is 0.936. The lowest BCUT2D eigenvalue weighted by molar-refractivity contribution is 0.340. The van der Waals surface area contributed by atoms with E-state index >= 15 is 0 Å². The van der Waals surface area contributed by atoms with Gasteiger partial charge in [0.25, 0.3) is 0 Å². The van der Waals surface area contributed by atoms with Crippen LogP contribution in [0, 0.1) is 0 Å². The number of aromatic amines is 1. The Balaban J connectivity index is 1.91. The first-order valence-electron chi connectivity index (χ1n) is 6.12. The topological polar surface area (TPSA) is 53.2 Å². The zero-order chi connectivity index (χ0) is 13.7. The highest BCUT2D eigenvalue weighted by molar-refractivity contribution is 7.92. The van der Waals surface area contributed by atoms with Crippen molar-refractivity contribution in [2.24, 2.45) is 0 Å². The molecule has 3 rings (SSSR count). The molecular weight excluding hydrogens is 267 g/mol. The van der Waals surface area contributed by atoms with E-state index in [-0.39, 0.29) is 0 Å². The van der Waals surface area contributed by atoms with E-state index in [2.05, 4.69) is 4.98 Å². The second-order valence-corrected chi connectivity index (χ2v) is 7.12. The first kappa shape index (κ1) is 12.5. The predicted octanol–water partition coefficient (Wildman–Crippen LogP) is 2.44. The van der Waals surface area contributed by atoms with Crippen LogP contribution in [0.3, 0.4) is 0 Å². The molecule has 1 aliphatic rings. The average Bonchev–Trinajstić information content (AvgIpc) is 2.91. The van der Waals surface area contributed by atoms with Crippen molar-refractivity contribution in [2.75, 3.05) is 17.1 Å². The predicted molar refractivity (Wildman–Crippen MR) is 73.6 cm³/mol. The van der Waals surface area contributed by atoms with Gasteiger partial charge >= 0.3 is 0 Å². The van der Waals surface area contributed by atoms with Crippen molar-refractivity contribution in [3.63, 3.8) is 0 Å². The lowest BCUT2D eigenvalue weighted by Gasteiger charge is -2.20. The van der Waals surface area contributed by atoms with Gasteiger partial charge in [-0.2, -0.15) is 0 Å². The summed E-state index contributed by atoms with van der Waals surface area (Å²) in [6, 6.07) is 7.24. The third-order valence-electron chi connectivity index (χ3n) is 3.55. The average molecular weight is 282 g/mol. The summed E-state index contributed by atoms with van der Waals surface area (Å²) in [6.07, 6.45) is 2.48. The van der Waals surface area contributed by atoms with Gasteiger partial charge in [-0.3, -0.25) is 4.31 Å². The van der Waals surface area contributed by atoms with E-state index in [0.29, 0.717) is 18.5 Å². The third-order valence-corrected chi connectivity index (χ3v) is 5.48. The Morgan fingerprint density at radius 3 is 2.79 bits per heavy atom. The number of hydrogen-bond donors (Lipinski definition) is 1. The number of nitrogens with one attached hydrogen (secondary N) is 1. The summed E-state index contributed by atoms with van der Waals surface area (Å²) < 4.78 is 39.1. The van der Waals surface area contributed by atoms with Gasteiger partial charge in [-0.25, -0.2) is 12.8 Å². The van der Waals surface area contributed by atoms with Gasteiger partial charge < -0.3 is 4.98 Å². The molecule has 102 valence electrons. The van der Waals surface area contributed by atoms with E-state index < -0.39 is 21.4 Å². The molecule has 4 nitrogen and oxygen atoms in total. The van der Waals surface area contributed by atoms with E-state index in [1.165, 1.54) is 7.05 Å². The fourth-order valence-electron chi connectivity index (χ4n) is 2.10. The molecule has 0 aliphatic heterocycles. The molecule has 1 fully saturated rings. The standard InChI is InChI=1S/C13H15FN2O2S/c1-16(19(17,18)9-13(14)5-6-13)11-3-2-10-4-7-15-12(10)8-11/h2-4,7-8,15H,5-6,9H2,1H3. The molecule has 2 aromatic rings. The number of rotatable bonds is 4. The summed E-state index contributed by atoms with van der Waals surface area (Å²) in [4.78, 5) is 3.03. The smallest absolute Gasteiger partial charge is 0.238 e. The number of nitrogens with zero attached hydrogens (tertiary/aromatic N) is 1. The molecule has 0 bridgehead atoms. The van der Waals surface area contributed by atoms with Gasteiger partial charge in [0.1, 0.15) is 11.4 Å². The number of H-pyrrole nitrogens is 1. The zero-order valence-electron chi connectivity index (χ0n) is 10.6. The fourth-order valence-corrected chi connectivity index (χ4v) is 3.67. The van der Waals surface area contributed by atoms with Crippen molar-refractivity contribution >= 4 is 26.6 Å². The number of halogens is 1. The van der Waals surface area contributed by atoms with Crippen molar-refractivity contribution in [1.29, 1.82) is 0 Å². The number of benzene rings is 1. The van der Waals surface area contributed by atoms with Gasteiger partial charge in [-0.05, 0) is 36.4 Å². The summed E-state index contributed by atoms with van der Waals surface area (Å²) in [6.45, 7) is 0. The molecule has 1 aromatic carbocycles. The molecule has 0 atom stereocenters. The summed E-state index contributed by atoms with van der Waals surface area (Å²) in [5, 5.41) is 1.01. The van der Waals surface area contributed by atoms with E-state index in [9.17, 15) is 12.8 Å². The maximum Gasteiger partial charge on any atom is 0.238 e. The van der Waals surface area contributed by atoms with Crippen molar-refractivity contribution in [3.05, 3.63) is 30.5 Å². The first-order chi connectivity index (χ1) is 8.90. The summed E-state index contributed by atoms with van der Waals surface area (Å²) in [5.74, 6) is -0.431. The van der Waals surface area contributed by atoms with Crippen LogP contribution in [0.5, 0.6) is 0 Å². The van der Waals surface area contributed by atoms with Crippen LogP contribution >= 0.6 is 0 Å². The molecule has 1 aliphatic carbocycles. The Morgan fingerprint density at radius 1 is 1.37 bits per heavy atom. The van der Waals surface area contributed by atoms with Gasteiger partial charge in [0.05, 0.1) is 5.69 Å². The van der Waals surface area contributed by atoms with Crippen LogP contribution < -0.4 is 4.31 Å². The zero-order valence-corrected chi connectivity index (χ0v) is 11.4. The van der Waals surface area contributed by atoms with Gasteiger partial charge in [0, 0.05) is 18.8 Å². The molecule has 0 amide bonds. The molecule has 6 heteroatoms. The molecule has 1 aromatic heterocycles.